The molecule has 0 unspecified atom stereocenters. The second-order valence-electron chi connectivity index (χ2n) is 2.57. The number of nitrogens with zero attached hydrogens (tertiary/aromatic N) is 2. The number of benzene rings is 1. The zero-order valence-electron chi connectivity index (χ0n) is 7.29. The molecule has 3 nitrogen and oxygen atoms in total. The molecule has 0 fully saturated rings. The molecule has 0 aliphatic carbocycles. The molecule has 0 aliphatic heterocycles. The van der Waals surface area contributed by atoms with Crippen LogP contribution in [0.25, 0.3) is 0 Å². The molecule has 72 valence electrons. The Bertz CT molecular complexity index is 412. The highest BCUT2D eigenvalue weighted by atomic mass is 35.5. The summed E-state index contributed by atoms with van der Waals surface area (Å²) in [5.74, 6) is -0.672. The smallest absolute Gasteiger partial charge is 0.301 e. The van der Waals surface area contributed by atoms with Crippen LogP contribution in [0.3, 0.4) is 0 Å². The molecule has 5 heteroatoms. The van der Waals surface area contributed by atoms with Gasteiger partial charge in [0.2, 0.25) is 0 Å². The summed E-state index contributed by atoms with van der Waals surface area (Å²) in [4.78, 5) is 12.2. The van der Waals surface area contributed by atoms with E-state index >= 15 is 0 Å². The quantitative estimate of drug-likeness (QED) is 0.694. The molecule has 0 aromatic heterocycles. The minimum atomic E-state index is -0.672. The number of amides is 1. The Labute approximate surface area is 91.4 Å². The van der Waals surface area contributed by atoms with E-state index in [0.29, 0.717) is 15.7 Å². The Hall–Kier alpha value is -1.24. The first-order chi connectivity index (χ1) is 6.56. The zero-order valence-corrected chi connectivity index (χ0v) is 8.80. The third-order valence-electron chi connectivity index (χ3n) is 1.67. The lowest BCUT2D eigenvalue weighted by Crippen LogP contribution is -2.24. The highest BCUT2D eigenvalue weighted by Crippen LogP contribution is 2.27. The molecule has 0 saturated carbocycles. The van der Waals surface area contributed by atoms with Crippen LogP contribution < -0.4 is 4.90 Å². The SMILES string of the molecule is CN(C(=O)C#N)c1ccc(Cl)cc1Cl. The number of anilines is 1. The van der Waals surface area contributed by atoms with Gasteiger partial charge in [0.25, 0.3) is 0 Å². The molecular formula is C9H6Cl2N2O. The molecule has 0 saturated heterocycles. The summed E-state index contributed by atoms with van der Waals surface area (Å²) < 4.78 is 0. The summed E-state index contributed by atoms with van der Waals surface area (Å²) in [5.41, 5.74) is 0.461. The molecule has 1 aromatic carbocycles. The minimum Gasteiger partial charge on any atom is -0.301 e. The van der Waals surface area contributed by atoms with Crippen LogP contribution in [0, 0.1) is 11.3 Å². The monoisotopic (exact) mass is 228 g/mol. The Morgan fingerprint density at radius 2 is 2.14 bits per heavy atom. The lowest BCUT2D eigenvalue weighted by Gasteiger charge is -2.14. The summed E-state index contributed by atoms with van der Waals surface area (Å²) in [6.07, 6.45) is 0. The number of hydrogen-bond donors (Lipinski definition) is 0. The van der Waals surface area contributed by atoms with Gasteiger partial charge in [-0.1, -0.05) is 23.2 Å². The number of carbonyl (C=O) groups is 1. The van der Waals surface area contributed by atoms with E-state index in [1.165, 1.54) is 24.1 Å². The maximum atomic E-state index is 11.0. The van der Waals surface area contributed by atoms with Gasteiger partial charge in [0.15, 0.2) is 6.07 Å². The molecule has 1 amide bonds. The normalized spacial score (nSPS) is 9.29. The van der Waals surface area contributed by atoms with Crippen LogP contribution in [-0.4, -0.2) is 13.0 Å². The molecular weight excluding hydrogens is 223 g/mol. The van der Waals surface area contributed by atoms with Crippen molar-refractivity contribution in [2.75, 3.05) is 11.9 Å². The van der Waals surface area contributed by atoms with Crippen molar-refractivity contribution in [2.45, 2.75) is 0 Å². The first-order valence-corrected chi connectivity index (χ1v) is 4.44. The van der Waals surface area contributed by atoms with Crippen LogP contribution in [0.15, 0.2) is 18.2 Å². The van der Waals surface area contributed by atoms with E-state index < -0.39 is 5.91 Å². The van der Waals surface area contributed by atoms with Gasteiger partial charge in [-0.2, -0.15) is 5.26 Å². The van der Waals surface area contributed by atoms with E-state index in [9.17, 15) is 4.79 Å². The van der Waals surface area contributed by atoms with Crippen LogP contribution in [0.2, 0.25) is 10.0 Å². The van der Waals surface area contributed by atoms with Crippen LogP contribution in [0.5, 0.6) is 0 Å². The highest BCUT2D eigenvalue weighted by Gasteiger charge is 2.12. The molecule has 0 N–H and O–H groups in total. The van der Waals surface area contributed by atoms with E-state index in [4.69, 9.17) is 28.5 Å². The standard InChI is InChI=1S/C9H6Cl2N2O/c1-13(9(14)5-12)8-3-2-6(10)4-7(8)11/h2-4H,1H3. The van der Waals surface area contributed by atoms with Crippen molar-refractivity contribution >= 4 is 34.8 Å². The topological polar surface area (TPSA) is 44.1 Å². The first kappa shape index (κ1) is 10.8. The van der Waals surface area contributed by atoms with Crippen molar-refractivity contribution in [3.8, 4) is 6.07 Å². The van der Waals surface area contributed by atoms with Crippen LogP contribution in [0.1, 0.15) is 0 Å². The fraction of sp³-hybridized carbons (Fsp3) is 0.111. The predicted octanol–water partition coefficient (Wildman–Crippen LogP) is 2.48. The van der Waals surface area contributed by atoms with Crippen molar-refractivity contribution in [1.29, 1.82) is 5.26 Å². The second kappa shape index (κ2) is 4.32. The van der Waals surface area contributed by atoms with E-state index in [0.717, 1.165) is 0 Å². The number of halogens is 2. The molecule has 0 heterocycles. The van der Waals surface area contributed by atoms with Gasteiger partial charge in [-0.25, -0.2) is 0 Å². The van der Waals surface area contributed by atoms with Gasteiger partial charge in [0.05, 0.1) is 10.7 Å². The van der Waals surface area contributed by atoms with Gasteiger partial charge < -0.3 is 4.90 Å². The Morgan fingerprint density at radius 1 is 1.50 bits per heavy atom. The number of nitriles is 1. The van der Waals surface area contributed by atoms with Gasteiger partial charge in [-0.15, -0.1) is 0 Å². The number of hydrogen-bond acceptors (Lipinski definition) is 2. The molecule has 1 aromatic rings. The summed E-state index contributed by atoms with van der Waals surface area (Å²) in [6.45, 7) is 0. The molecule has 0 spiro atoms. The lowest BCUT2D eigenvalue weighted by atomic mass is 10.3. The largest absolute Gasteiger partial charge is 0.329 e. The Morgan fingerprint density at radius 3 is 2.64 bits per heavy atom. The average molecular weight is 229 g/mol. The number of rotatable bonds is 1. The summed E-state index contributed by atoms with van der Waals surface area (Å²) in [6, 6.07) is 6.20. The van der Waals surface area contributed by atoms with E-state index in [-0.39, 0.29) is 0 Å². The summed E-state index contributed by atoms with van der Waals surface area (Å²) in [5, 5.41) is 9.22. The van der Waals surface area contributed by atoms with Gasteiger partial charge in [0, 0.05) is 12.1 Å². The van der Waals surface area contributed by atoms with Crippen molar-refractivity contribution in [3.63, 3.8) is 0 Å². The molecule has 0 radical (unpaired) electrons. The molecule has 14 heavy (non-hydrogen) atoms. The Balaban J connectivity index is 3.09. The second-order valence-corrected chi connectivity index (χ2v) is 3.42. The third kappa shape index (κ3) is 2.16. The van der Waals surface area contributed by atoms with Crippen molar-refractivity contribution in [3.05, 3.63) is 28.2 Å². The Kier molecular flexibility index (Phi) is 3.34. The summed E-state index contributed by atoms with van der Waals surface area (Å²) in [7, 11) is 1.47. The van der Waals surface area contributed by atoms with E-state index in [1.807, 2.05) is 0 Å². The van der Waals surface area contributed by atoms with Gasteiger partial charge >= 0.3 is 5.91 Å². The van der Waals surface area contributed by atoms with Gasteiger partial charge in [-0.3, -0.25) is 4.79 Å². The number of carbonyl (C=O) groups excluding carboxylic acids is 1. The van der Waals surface area contributed by atoms with Crippen molar-refractivity contribution in [2.24, 2.45) is 0 Å². The summed E-state index contributed by atoms with van der Waals surface area (Å²) >= 11 is 11.5. The zero-order chi connectivity index (χ0) is 10.7. The predicted molar refractivity (Wildman–Crippen MR) is 55.5 cm³/mol. The molecule has 1 rings (SSSR count). The van der Waals surface area contributed by atoms with Crippen LogP contribution in [0.4, 0.5) is 5.69 Å². The molecule has 0 bridgehead atoms. The lowest BCUT2D eigenvalue weighted by molar-refractivity contribution is -0.113. The first-order valence-electron chi connectivity index (χ1n) is 3.69. The van der Waals surface area contributed by atoms with Gasteiger partial charge in [-0.05, 0) is 18.2 Å². The van der Waals surface area contributed by atoms with Crippen LogP contribution in [-0.2, 0) is 4.79 Å². The van der Waals surface area contributed by atoms with Gasteiger partial charge in [0.1, 0.15) is 0 Å². The third-order valence-corrected chi connectivity index (χ3v) is 2.21. The molecule has 0 aliphatic rings. The van der Waals surface area contributed by atoms with Crippen molar-refractivity contribution in [1.82, 2.24) is 0 Å². The van der Waals surface area contributed by atoms with E-state index in [1.54, 1.807) is 12.1 Å². The van der Waals surface area contributed by atoms with Crippen LogP contribution >= 0.6 is 23.2 Å². The maximum Gasteiger partial charge on any atom is 0.329 e. The fourth-order valence-corrected chi connectivity index (χ4v) is 1.47. The van der Waals surface area contributed by atoms with Crippen molar-refractivity contribution < 1.29 is 4.79 Å². The molecule has 0 atom stereocenters. The maximum absolute atomic E-state index is 11.0. The minimum absolute atomic E-state index is 0.337. The van der Waals surface area contributed by atoms with E-state index in [2.05, 4.69) is 0 Å². The highest BCUT2D eigenvalue weighted by molar-refractivity contribution is 6.36. The average Bonchev–Trinajstić information content (AvgIpc) is 2.15. The fourth-order valence-electron chi connectivity index (χ4n) is 0.938.